The van der Waals surface area contributed by atoms with Crippen LogP contribution in [0.1, 0.15) is 10.6 Å². The second-order valence-electron chi connectivity index (χ2n) is 6.25. The van der Waals surface area contributed by atoms with Crippen molar-refractivity contribution >= 4 is 34.0 Å². The summed E-state index contributed by atoms with van der Waals surface area (Å²) in [6.45, 7) is -0.208. The molecular weight excluding hydrogens is 372 g/mol. The molecule has 0 atom stereocenters. The molecular formula is C21H16N4O4. The molecule has 29 heavy (non-hydrogen) atoms. The second-order valence-corrected chi connectivity index (χ2v) is 6.25. The molecule has 4 aromatic rings. The number of carbonyl (C=O) groups is 2. The average Bonchev–Trinajstić information content (AvgIpc) is 3.27. The summed E-state index contributed by atoms with van der Waals surface area (Å²) >= 11 is 0. The van der Waals surface area contributed by atoms with Crippen LogP contribution >= 0.6 is 0 Å². The molecule has 8 heteroatoms. The van der Waals surface area contributed by atoms with Crippen LogP contribution in [0, 0.1) is 0 Å². The Hall–Kier alpha value is -4.20. The van der Waals surface area contributed by atoms with Crippen LogP contribution < -0.4 is 16.2 Å². The molecule has 144 valence electrons. The summed E-state index contributed by atoms with van der Waals surface area (Å²) in [7, 11) is 0. The molecule has 0 unspecified atom stereocenters. The smallest absolute Gasteiger partial charge is 0.291 e. The lowest BCUT2D eigenvalue weighted by molar-refractivity contribution is -0.117. The molecule has 2 aromatic heterocycles. The predicted octanol–water partition coefficient (Wildman–Crippen LogP) is 2.88. The van der Waals surface area contributed by atoms with Crippen LogP contribution in [0.15, 0.2) is 82.3 Å². The SMILES string of the molecule is O=C(Cn1ncc2ccccc2c1=O)Nc1ccc(NC(=O)c2ccco2)cc1. The van der Waals surface area contributed by atoms with Crippen molar-refractivity contribution in [3.63, 3.8) is 0 Å². The second kappa shape index (κ2) is 7.81. The van der Waals surface area contributed by atoms with Crippen LogP contribution in [-0.2, 0) is 11.3 Å². The highest BCUT2D eigenvalue weighted by atomic mass is 16.3. The number of aromatic nitrogens is 2. The molecule has 0 bridgehead atoms. The van der Waals surface area contributed by atoms with Crippen molar-refractivity contribution in [2.45, 2.75) is 6.54 Å². The van der Waals surface area contributed by atoms with Crippen molar-refractivity contribution in [2.24, 2.45) is 0 Å². The minimum Gasteiger partial charge on any atom is -0.459 e. The highest BCUT2D eigenvalue weighted by molar-refractivity contribution is 6.02. The standard InChI is InChI=1S/C21H16N4O4/c26-19(13-25-21(28)17-5-2-1-4-14(17)12-22-25)23-15-7-9-16(10-8-15)24-20(27)18-6-3-11-29-18/h1-12H,13H2,(H,23,26)(H,24,27). The number of rotatable bonds is 5. The van der Waals surface area contributed by atoms with Crippen molar-refractivity contribution in [1.82, 2.24) is 9.78 Å². The fourth-order valence-corrected chi connectivity index (χ4v) is 2.81. The third-order valence-corrected chi connectivity index (χ3v) is 4.23. The Labute approximate surface area is 164 Å². The molecule has 2 N–H and O–H groups in total. The minimum atomic E-state index is -0.387. The highest BCUT2D eigenvalue weighted by Gasteiger charge is 2.10. The van der Waals surface area contributed by atoms with Crippen molar-refractivity contribution in [1.29, 1.82) is 0 Å². The molecule has 0 aliphatic carbocycles. The molecule has 0 radical (unpaired) electrons. The number of nitrogens with one attached hydrogen (secondary N) is 2. The van der Waals surface area contributed by atoms with E-state index < -0.39 is 0 Å². The molecule has 2 amide bonds. The molecule has 2 heterocycles. The summed E-state index contributed by atoms with van der Waals surface area (Å²) in [6, 6.07) is 16.9. The molecule has 0 fully saturated rings. The van der Waals surface area contributed by atoms with Crippen LogP contribution in [0.2, 0.25) is 0 Å². The summed E-state index contributed by atoms with van der Waals surface area (Å²) < 4.78 is 6.15. The molecule has 0 aliphatic heterocycles. The zero-order valence-corrected chi connectivity index (χ0v) is 15.2. The Morgan fingerprint density at radius 1 is 0.931 bits per heavy atom. The van der Waals surface area contributed by atoms with Crippen LogP contribution in [-0.4, -0.2) is 21.6 Å². The predicted molar refractivity (Wildman–Crippen MR) is 108 cm³/mol. The van der Waals surface area contributed by atoms with Crippen molar-refractivity contribution < 1.29 is 14.0 Å². The van der Waals surface area contributed by atoms with Crippen LogP contribution in [0.4, 0.5) is 11.4 Å². The van der Waals surface area contributed by atoms with Crippen LogP contribution in [0.3, 0.4) is 0 Å². The Morgan fingerprint density at radius 3 is 2.38 bits per heavy atom. The first-order valence-corrected chi connectivity index (χ1v) is 8.80. The highest BCUT2D eigenvalue weighted by Crippen LogP contribution is 2.15. The summed E-state index contributed by atoms with van der Waals surface area (Å²) in [5, 5.41) is 10.7. The molecule has 2 aromatic carbocycles. The number of amides is 2. The van der Waals surface area contributed by atoms with Gasteiger partial charge in [-0.05, 0) is 42.5 Å². The summed E-state index contributed by atoms with van der Waals surface area (Å²) in [4.78, 5) is 36.7. The van der Waals surface area contributed by atoms with Gasteiger partial charge >= 0.3 is 0 Å². The van der Waals surface area contributed by atoms with Gasteiger partial charge in [0.2, 0.25) is 5.91 Å². The van der Waals surface area contributed by atoms with E-state index in [0.717, 1.165) is 10.1 Å². The quantitative estimate of drug-likeness (QED) is 0.547. The number of hydrogen-bond donors (Lipinski definition) is 2. The van der Waals surface area contributed by atoms with E-state index in [9.17, 15) is 14.4 Å². The van der Waals surface area contributed by atoms with E-state index in [4.69, 9.17) is 4.42 Å². The number of fused-ring (bicyclic) bond motifs is 1. The molecule has 0 saturated carbocycles. The first kappa shape index (κ1) is 18.2. The van der Waals surface area contributed by atoms with Crippen LogP contribution in [0.5, 0.6) is 0 Å². The lowest BCUT2D eigenvalue weighted by Gasteiger charge is -2.09. The molecule has 4 rings (SSSR count). The van der Waals surface area contributed by atoms with E-state index in [2.05, 4.69) is 15.7 Å². The van der Waals surface area contributed by atoms with Gasteiger partial charge in [-0.25, -0.2) is 4.68 Å². The number of anilines is 2. The monoisotopic (exact) mass is 388 g/mol. The molecule has 0 saturated heterocycles. The van der Waals surface area contributed by atoms with Gasteiger partial charge in [-0.3, -0.25) is 14.4 Å². The normalized spacial score (nSPS) is 10.6. The zero-order chi connectivity index (χ0) is 20.2. The summed E-state index contributed by atoms with van der Waals surface area (Å²) in [5.41, 5.74) is 0.755. The average molecular weight is 388 g/mol. The van der Waals surface area contributed by atoms with Gasteiger partial charge in [0.25, 0.3) is 11.5 Å². The van der Waals surface area contributed by atoms with Gasteiger partial charge in [-0.2, -0.15) is 5.10 Å². The fourth-order valence-electron chi connectivity index (χ4n) is 2.81. The topological polar surface area (TPSA) is 106 Å². The Kier molecular flexibility index (Phi) is 4.90. The van der Waals surface area contributed by atoms with Gasteiger partial charge in [0, 0.05) is 16.8 Å². The van der Waals surface area contributed by atoms with Crippen LogP contribution in [0.25, 0.3) is 10.8 Å². The van der Waals surface area contributed by atoms with Gasteiger partial charge in [0.15, 0.2) is 5.76 Å². The molecule has 0 spiro atoms. The van der Waals surface area contributed by atoms with Gasteiger partial charge in [0.05, 0.1) is 17.8 Å². The van der Waals surface area contributed by atoms with Gasteiger partial charge in [-0.15, -0.1) is 0 Å². The summed E-state index contributed by atoms with van der Waals surface area (Å²) in [5.74, 6) is -0.550. The van der Waals surface area contributed by atoms with Gasteiger partial charge in [-0.1, -0.05) is 18.2 Å². The van der Waals surface area contributed by atoms with E-state index in [1.165, 1.54) is 6.26 Å². The number of furan rings is 1. The fraction of sp³-hybridized carbons (Fsp3) is 0.0476. The Morgan fingerprint density at radius 2 is 1.66 bits per heavy atom. The minimum absolute atomic E-state index is 0.204. The summed E-state index contributed by atoms with van der Waals surface area (Å²) in [6.07, 6.45) is 2.98. The maximum absolute atomic E-state index is 12.4. The van der Waals surface area contributed by atoms with Crippen molar-refractivity contribution in [3.05, 3.63) is 89.2 Å². The number of nitrogens with zero attached hydrogens (tertiary/aromatic N) is 2. The Balaban J connectivity index is 1.40. The number of hydrogen-bond acceptors (Lipinski definition) is 5. The first-order valence-electron chi connectivity index (χ1n) is 8.80. The maximum atomic E-state index is 12.4. The third kappa shape index (κ3) is 4.06. The zero-order valence-electron chi connectivity index (χ0n) is 15.2. The van der Waals surface area contributed by atoms with Gasteiger partial charge in [0.1, 0.15) is 6.54 Å². The van der Waals surface area contributed by atoms with E-state index >= 15 is 0 Å². The lowest BCUT2D eigenvalue weighted by Crippen LogP contribution is -2.29. The number of benzene rings is 2. The lowest BCUT2D eigenvalue weighted by atomic mass is 10.2. The maximum Gasteiger partial charge on any atom is 0.291 e. The largest absolute Gasteiger partial charge is 0.459 e. The van der Waals surface area contributed by atoms with Gasteiger partial charge < -0.3 is 15.1 Å². The van der Waals surface area contributed by atoms with E-state index in [0.29, 0.717) is 16.8 Å². The molecule has 0 aliphatic rings. The Bertz CT molecular complexity index is 1230. The van der Waals surface area contributed by atoms with E-state index in [1.54, 1.807) is 60.8 Å². The van der Waals surface area contributed by atoms with Crippen molar-refractivity contribution in [2.75, 3.05) is 10.6 Å². The van der Waals surface area contributed by atoms with E-state index in [1.807, 2.05) is 6.07 Å². The number of carbonyl (C=O) groups excluding carboxylic acids is 2. The first-order chi connectivity index (χ1) is 14.1. The van der Waals surface area contributed by atoms with Crippen molar-refractivity contribution in [3.8, 4) is 0 Å². The van der Waals surface area contributed by atoms with E-state index in [-0.39, 0.29) is 29.7 Å². The third-order valence-electron chi connectivity index (χ3n) is 4.23. The molecule has 8 nitrogen and oxygen atoms in total.